The van der Waals surface area contributed by atoms with Gasteiger partial charge in [0.2, 0.25) is 0 Å². The Balaban J connectivity index is 2.45. The number of aliphatic carboxylic acids is 1. The van der Waals surface area contributed by atoms with Gasteiger partial charge in [0.15, 0.2) is 0 Å². The Bertz CT molecular complexity index is 486. The van der Waals surface area contributed by atoms with Crippen LogP contribution in [-0.4, -0.2) is 63.1 Å². The van der Waals surface area contributed by atoms with Gasteiger partial charge in [0, 0.05) is 0 Å². The number of hydrogen-bond acceptors (Lipinski definition) is 4. The van der Waals surface area contributed by atoms with E-state index >= 15 is 0 Å². The van der Waals surface area contributed by atoms with Gasteiger partial charge in [-0.05, 0) is 0 Å². The topological polar surface area (TPSA) is 84.9 Å². The van der Waals surface area contributed by atoms with E-state index in [1.807, 2.05) is 0 Å². The van der Waals surface area contributed by atoms with Crippen molar-refractivity contribution >= 4 is 32.4 Å². The minimum atomic E-state index is -2.09. The predicted molar refractivity (Wildman–Crippen MR) is 128 cm³/mol. The van der Waals surface area contributed by atoms with Crippen LogP contribution in [0.1, 0.15) is 91.4 Å². The number of ether oxygens (including phenoxy) is 2. The first-order valence-electron chi connectivity index (χ1n) is 12.4. The molecule has 184 valence electrons. The molecule has 0 aromatic carbocycles. The molecule has 1 saturated heterocycles. The van der Waals surface area contributed by atoms with Gasteiger partial charge in [-0.3, -0.25) is 0 Å². The number of carbonyl (C=O) groups is 2. The number of nitrogens with one attached hydrogen (secondary N) is 1. The van der Waals surface area contributed by atoms with Crippen LogP contribution in [-0.2, 0) is 19.1 Å². The Hall–Kier alpha value is -0.244. The molecule has 0 saturated carbocycles. The Labute approximate surface area is 194 Å². The van der Waals surface area contributed by atoms with Crippen molar-refractivity contribution in [3.05, 3.63) is 0 Å². The summed E-state index contributed by atoms with van der Waals surface area (Å²) in [5.74, 6) is -1.75. The van der Waals surface area contributed by atoms with Crippen LogP contribution in [0.2, 0.25) is 16.3 Å². The fraction of sp³-hybridized carbons (Fsp3) is 0.917. The number of carbonyl (C=O) groups excluding carboxylic acids is 1. The van der Waals surface area contributed by atoms with Gasteiger partial charge < -0.3 is 0 Å². The summed E-state index contributed by atoms with van der Waals surface area (Å²) in [5, 5.41) is 12.0. The SMILES string of the molecule is CCC[CH2][Po]([CH2]CCC)([CH2]CCC)[CH2]CCNC(=O)CCC1(CCC(=O)O)OCCO1. The monoisotopic (exact) mass is 638 g/mol. The Morgan fingerprint density at radius 1 is 0.839 bits per heavy atom. The maximum atomic E-state index is 12.4. The van der Waals surface area contributed by atoms with Gasteiger partial charge in [0.05, 0.1) is 0 Å². The number of amides is 1. The molecule has 1 rings (SSSR count). The summed E-state index contributed by atoms with van der Waals surface area (Å²) in [5.41, 5.74) is 0. The van der Waals surface area contributed by atoms with Gasteiger partial charge >= 0.3 is 195 Å². The summed E-state index contributed by atoms with van der Waals surface area (Å²) in [6.07, 6.45) is 10.1. The van der Waals surface area contributed by atoms with Crippen molar-refractivity contribution < 1.29 is 24.2 Å². The average molecular weight is 639 g/mol. The standard InChI is InChI=1S/C12H20NO5.3C4H9.Po/c1-2-7-13-10(14)3-5-12(6-4-11(15)16)17-8-9-18-12;3*1-3-4-2;/h1-9H2,(H,13,14)(H,15,16);3*1,3-4H2,2H3;. The predicted octanol–water partition coefficient (Wildman–Crippen LogP) is 5.73. The molecule has 0 atom stereocenters. The van der Waals surface area contributed by atoms with Crippen LogP contribution in [0.4, 0.5) is 0 Å². The van der Waals surface area contributed by atoms with Gasteiger partial charge in [-0.1, -0.05) is 0 Å². The fourth-order valence-electron chi connectivity index (χ4n) is 4.17. The zero-order chi connectivity index (χ0) is 23.0. The van der Waals surface area contributed by atoms with E-state index in [2.05, 4.69) is 26.1 Å². The van der Waals surface area contributed by atoms with Crippen molar-refractivity contribution in [3.63, 3.8) is 0 Å². The van der Waals surface area contributed by atoms with Gasteiger partial charge in [-0.2, -0.15) is 0 Å². The van der Waals surface area contributed by atoms with E-state index in [4.69, 9.17) is 14.6 Å². The molecule has 1 heterocycles. The molecule has 0 aliphatic carbocycles. The van der Waals surface area contributed by atoms with Crippen LogP contribution in [0.25, 0.3) is 0 Å². The van der Waals surface area contributed by atoms with E-state index in [-0.39, 0.29) is 12.3 Å². The second-order valence-electron chi connectivity index (χ2n) is 8.81. The van der Waals surface area contributed by atoms with Crippen molar-refractivity contribution in [3.8, 4) is 0 Å². The Morgan fingerprint density at radius 3 is 1.81 bits per heavy atom. The number of hydrogen-bond donors (Lipinski definition) is 2. The second-order valence-corrected chi connectivity index (χ2v) is 24.7. The van der Waals surface area contributed by atoms with E-state index in [1.54, 1.807) is 0 Å². The van der Waals surface area contributed by atoms with E-state index < -0.39 is 32.3 Å². The summed E-state index contributed by atoms with van der Waals surface area (Å²) in [7, 11) is 0. The van der Waals surface area contributed by atoms with Gasteiger partial charge in [-0.25, -0.2) is 0 Å². The molecule has 0 radical (unpaired) electrons. The molecule has 1 fully saturated rings. The van der Waals surface area contributed by atoms with Crippen LogP contribution >= 0.6 is 0 Å². The molecule has 2 N–H and O–H groups in total. The summed E-state index contributed by atoms with van der Waals surface area (Å²) in [6.45, 7) is 8.59. The van der Waals surface area contributed by atoms with E-state index in [0.29, 0.717) is 32.5 Å². The molecule has 1 aliphatic heterocycles. The molecule has 7 heteroatoms. The van der Waals surface area contributed by atoms with E-state index in [1.165, 1.54) is 54.8 Å². The van der Waals surface area contributed by atoms with Crippen molar-refractivity contribution in [1.29, 1.82) is 0 Å². The van der Waals surface area contributed by atoms with Crippen LogP contribution in [0.5, 0.6) is 0 Å². The molecule has 0 bridgehead atoms. The minimum absolute atomic E-state index is 0.01000. The third-order valence-electron chi connectivity index (χ3n) is 6.14. The molecular weight excluding hydrogens is 591 g/mol. The maximum absolute atomic E-state index is 12.4. The zero-order valence-corrected chi connectivity index (χ0v) is 23.4. The first-order chi connectivity index (χ1) is 14.9. The van der Waals surface area contributed by atoms with Crippen molar-refractivity contribution in [2.45, 2.75) is 114 Å². The third-order valence-corrected chi connectivity index (χ3v) is 24.1. The molecule has 31 heavy (non-hydrogen) atoms. The zero-order valence-electron chi connectivity index (χ0n) is 20.2. The molecular formula is C24H47NO5Po. The molecule has 0 spiro atoms. The van der Waals surface area contributed by atoms with Gasteiger partial charge in [0.25, 0.3) is 0 Å². The fourth-order valence-corrected chi connectivity index (χ4v) is 22.4. The van der Waals surface area contributed by atoms with Gasteiger partial charge in [0.1, 0.15) is 0 Å². The molecule has 0 aromatic rings. The van der Waals surface area contributed by atoms with E-state index in [0.717, 1.165) is 13.0 Å². The van der Waals surface area contributed by atoms with E-state index in [9.17, 15) is 9.59 Å². The van der Waals surface area contributed by atoms with Crippen LogP contribution in [0.3, 0.4) is 0 Å². The van der Waals surface area contributed by atoms with Crippen LogP contribution in [0, 0.1) is 0 Å². The Kier molecular flexibility index (Phi) is 15.2. The summed E-state index contributed by atoms with van der Waals surface area (Å²) in [6, 6.07) is 0. The molecule has 1 aliphatic rings. The molecule has 1 amide bonds. The molecule has 6 nitrogen and oxygen atoms in total. The first kappa shape index (κ1) is 28.8. The third kappa shape index (κ3) is 12.0. The van der Waals surface area contributed by atoms with Crippen LogP contribution in [0.15, 0.2) is 0 Å². The average Bonchev–Trinajstić information content (AvgIpc) is 3.24. The van der Waals surface area contributed by atoms with Crippen molar-refractivity contribution in [1.82, 2.24) is 5.32 Å². The van der Waals surface area contributed by atoms with Crippen molar-refractivity contribution in [2.24, 2.45) is 0 Å². The first-order valence-corrected chi connectivity index (χ1v) is 21.4. The van der Waals surface area contributed by atoms with Crippen molar-refractivity contribution in [2.75, 3.05) is 19.8 Å². The number of rotatable bonds is 19. The second kappa shape index (κ2) is 16.4. The normalized spacial score (nSPS) is 16.4. The summed E-state index contributed by atoms with van der Waals surface area (Å²) in [4.78, 5) is 23.3. The number of carboxylic acid groups (broad SMARTS) is 1. The Morgan fingerprint density at radius 2 is 1.32 bits per heavy atom. The number of unbranched alkanes of at least 4 members (excludes halogenated alkanes) is 3. The van der Waals surface area contributed by atoms with Gasteiger partial charge in [-0.15, -0.1) is 0 Å². The quantitative estimate of drug-likeness (QED) is 0.177. The molecule has 0 aromatic heterocycles. The molecule has 0 unspecified atom stereocenters. The summed E-state index contributed by atoms with van der Waals surface area (Å²) < 4.78 is 17.3. The summed E-state index contributed by atoms with van der Waals surface area (Å²) >= 11 is -2.09. The van der Waals surface area contributed by atoms with Crippen LogP contribution < -0.4 is 5.32 Å². The number of carboxylic acids is 1.